The number of carbonyl (C=O) groups is 2. The average molecular weight is 527 g/mol. The predicted molar refractivity (Wildman–Crippen MR) is 140 cm³/mol. The number of aryl methyl sites for hydroxylation is 1. The molecule has 2 amide bonds. The Balaban J connectivity index is 1.32. The number of rotatable bonds is 8. The molecule has 35 heavy (non-hydrogen) atoms. The van der Waals surface area contributed by atoms with Gasteiger partial charge in [-0.3, -0.25) is 9.59 Å². The van der Waals surface area contributed by atoms with Crippen LogP contribution < -0.4 is 10.6 Å². The third-order valence-corrected chi connectivity index (χ3v) is 7.14. The topological polar surface area (TPSA) is 102 Å². The molecule has 0 aliphatic carbocycles. The quantitative estimate of drug-likeness (QED) is 0.309. The second kappa shape index (κ2) is 11.0. The molecule has 0 saturated heterocycles. The van der Waals surface area contributed by atoms with Gasteiger partial charge in [0.2, 0.25) is 5.91 Å². The number of carbonyl (C=O) groups excluding carboxylic acids is 2. The number of hydrogen-bond donors (Lipinski definition) is 2. The largest absolute Gasteiger partial charge is 0.342 e. The SMILES string of the molecule is Cc1cccc(C(=O)NC(C)c2nnc(SCC(=O)Nc3nc(-c4ccc(Cl)cc4)cs3)n2C)c1. The summed E-state index contributed by atoms with van der Waals surface area (Å²) >= 11 is 8.55. The lowest BCUT2D eigenvalue weighted by Crippen LogP contribution is -2.28. The molecular formula is C24H23ClN6O2S2. The van der Waals surface area contributed by atoms with Crippen molar-refractivity contribution in [2.24, 2.45) is 7.05 Å². The molecule has 8 nitrogen and oxygen atoms in total. The standard InChI is InChI=1S/C24H23ClN6O2S2/c1-14-5-4-6-17(11-14)22(33)26-15(2)21-29-30-24(31(21)3)35-13-20(32)28-23-27-19(12-34-23)16-7-9-18(25)10-8-16/h4-12,15H,13H2,1-3H3,(H,26,33)(H,27,28,32). The smallest absolute Gasteiger partial charge is 0.251 e. The number of nitrogens with one attached hydrogen (secondary N) is 2. The molecule has 0 aliphatic rings. The predicted octanol–water partition coefficient (Wildman–Crippen LogP) is 5.12. The molecule has 0 aliphatic heterocycles. The Kier molecular flexibility index (Phi) is 7.84. The zero-order valence-corrected chi connectivity index (χ0v) is 21.7. The molecule has 2 N–H and O–H groups in total. The van der Waals surface area contributed by atoms with Crippen molar-refractivity contribution in [1.29, 1.82) is 0 Å². The molecule has 1 atom stereocenters. The Labute approximate surface area is 216 Å². The van der Waals surface area contributed by atoms with Gasteiger partial charge in [-0.25, -0.2) is 4.98 Å². The molecule has 4 rings (SSSR count). The Bertz CT molecular complexity index is 1350. The van der Waals surface area contributed by atoms with E-state index in [1.165, 1.54) is 23.1 Å². The van der Waals surface area contributed by atoms with Crippen molar-refractivity contribution in [3.63, 3.8) is 0 Å². The van der Waals surface area contributed by atoms with Crippen LogP contribution >= 0.6 is 34.7 Å². The van der Waals surface area contributed by atoms with E-state index in [1.807, 2.05) is 56.6 Å². The van der Waals surface area contributed by atoms with Gasteiger partial charge in [-0.15, -0.1) is 21.5 Å². The van der Waals surface area contributed by atoms with Crippen LogP contribution in [0.25, 0.3) is 11.3 Å². The normalized spacial score (nSPS) is 11.8. The number of aromatic nitrogens is 4. The fourth-order valence-corrected chi connectivity index (χ4v) is 4.91. The Morgan fingerprint density at radius 1 is 1.17 bits per heavy atom. The van der Waals surface area contributed by atoms with Gasteiger partial charge in [-0.1, -0.05) is 53.2 Å². The minimum Gasteiger partial charge on any atom is -0.342 e. The van der Waals surface area contributed by atoms with Crippen LogP contribution in [0.4, 0.5) is 5.13 Å². The number of hydrogen-bond acceptors (Lipinski definition) is 7. The van der Waals surface area contributed by atoms with Crippen molar-refractivity contribution < 1.29 is 9.59 Å². The third kappa shape index (κ3) is 6.27. The van der Waals surface area contributed by atoms with Crippen molar-refractivity contribution in [3.8, 4) is 11.3 Å². The Morgan fingerprint density at radius 3 is 2.69 bits per heavy atom. The Morgan fingerprint density at radius 2 is 1.94 bits per heavy atom. The first-order chi connectivity index (χ1) is 16.8. The lowest BCUT2D eigenvalue weighted by molar-refractivity contribution is -0.113. The second-order valence-electron chi connectivity index (χ2n) is 7.85. The first-order valence-electron chi connectivity index (χ1n) is 10.7. The van der Waals surface area contributed by atoms with E-state index >= 15 is 0 Å². The van der Waals surface area contributed by atoms with Crippen molar-refractivity contribution in [1.82, 2.24) is 25.1 Å². The van der Waals surface area contributed by atoms with E-state index in [-0.39, 0.29) is 23.6 Å². The first kappa shape index (κ1) is 24.9. The van der Waals surface area contributed by atoms with Crippen LogP contribution in [0, 0.1) is 6.92 Å². The molecule has 1 unspecified atom stereocenters. The van der Waals surface area contributed by atoms with Gasteiger partial charge >= 0.3 is 0 Å². The summed E-state index contributed by atoms with van der Waals surface area (Å²) in [5.74, 6) is 0.365. The van der Waals surface area contributed by atoms with Crippen LogP contribution in [0.2, 0.25) is 5.02 Å². The molecule has 180 valence electrons. The molecule has 0 bridgehead atoms. The average Bonchev–Trinajstić information content (AvgIpc) is 3.44. The maximum atomic E-state index is 12.6. The van der Waals surface area contributed by atoms with Crippen LogP contribution in [0.15, 0.2) is 59.1 Å². The van der Waals surface area contributed by atoms with Gasteiger partial charge in [0.05, 0.1) is 17.5 Å². The van der Waals surface area contributed by atoms with Gasteiger partial charge in [-0.05, 0) is 38.1 Å². The minimum atomic E-state index is -0.356. The maximum absolute atomic E-state index is 12.6. The van der Waals surface area contributed by atoms with Gasteiger partial charge in [0.25, 0.3) is 5.91 Å². The Hall–Kier alpha value is -3.21. The zero-order valence-electron chi connectivity index (χ0n) is 19.3. The van der Waals surface area contributed by atoms with E-state index in [0.717, 1.165) is 16.8 Å². The summed E-state index contributed by atoms with van der Waals surface area (Å²) in [4.78, 5) is 29.5. The van der Waals surface area contributed by atoms with Crippen LogP contribution in [-0.2, 0) is 11.8 Å². The highest BCUT2D eigenvalue weighted by molar-refractivity contribution is 7.99. The van der Waals surface area contributed by atoms with Crippen LogP contribution in [0.3, 0.4) is 0 Å². The summed E-state index contributed by atoms with van der Waals surface area (Å²) in [5, 5.41) is 17.8. The third-order valence-electron chi connectivity index (χ3n) is 5.11. The number of thioether (sulfide) groups is 1. The first-order valence-corrected chi connectivity index (χ1v) is 13.0. The highest BCUT2D eigenvalue weighted by Gasteiger charge is 2.19. The van der Waals surface area contributed by atoms with Crippen molar-refractivity contribution in [3.05, 3.63) is 75.9 Å². The van der Waals surface area contributed by atoms with E-state index in [4.69, 9.17) is 11.6 Å². The van der Waals surface area contributed by atoms with Gasteiger partial charge in [-0.2, -0.15) is 0 Å². The molecule has 0 saturated carbocycles. The zero-order chi connectivity index (χ0) is 24.9. The highest BCUT2D eigenvalue weighted by Crippen LogP contribution is 2.26. The molecule has 11 heteroatoms. The number of halogens is 1. The molecular weight excluding hydrogens is 504 g/mol. The lowest BCUT2D eigenvalue weighted by atomic mass is 10.1. The summed E-state index contributed by atoms with van der Waals surface area (Å²) in [6, 6.07) is 14.4. The molecule has 4 aromatic rings. The molecule has 2 aromatic carbocycles. The molecule has 2 aromatic heterocycles. The van der Waals surface area contributed by atoms with Crippen LogP contribution in [-0.4, -0.2) is 37.3 Å². The lowest BCUT2D eigenvalue weighted by Gasteiger charge is -2.14. The molecule has 0 spiro atoms. The van der Waals surface area contributed by atoms with E-state index in [1.54, 1.807) is 22.8 Å². The molecule has 2 heterocycles. The van der Waals surface area contributed by atoms with Crippen molar-refractivity contribution >= 4 is 51.6 Å². The van der Waals surface area contributed by atoms with Gasteiger partial charge in [0, 0.05) is 28.6 Å². The van der Waals surface area contributed by atoms with E-state index in [9.17, 15) is 9.59 Å². The fourth-order valence-electron chi connectivity index (χ4n) is 3.33. The monoisotopic (exact) mass is 526 g/mol. The van der Waals surface area contributed by atoms with E-state index < -0.39 is 0 Å². The van der Waals surface area contributed by atoms with Crippen LogP contribution in [0.5, 0.6) is 0 Å². The highest BCUT2D eigenvalue weighted by atomic mass is 35.5. The number of benzene rings is 2. The van der Waals surface area contributed by atoms with E-state index in [2.05, 4.69) is 25.8 Å². The minimum absolute atomic E-state index is 0.145. The summed E-state index contributed by atoms with van der Waals surface area (Å²) in [6.07, 6.45) is 0. The summed E-state index contributed by atoms with van der Waals surface area (Å²) in [5.41, 5.74) is 3.30. The van der Waals surface area contributed by atoms with Crippen molar-refractivity contribution in [2.75, 3.05) is 11.1 Å². The fraction of sp³-hybridized carbons (Fsp3) is 0.208. The maximum Gasteiger partial charge on any atom is 0.251 e. The number of amides is 2. The number of nitrogens with zero attached hydrogens (tertiary/aromatic N) is 4. The summed E-state index contributed by atoms with van der Waals surface area (Å²) in [7, 11) is 1.81. The molecule has 0 radical (unpaired) electrons. The van der Waals surface area contributed by atoms with Gasteiger partial charge < -0.3 is 15.2 Å². The van der Waals surface area contributed by atoms with E-state index in [0.29, 0.717) is 26.7 Å². The number of anilines is 1. The summed E-state index contributed by atoms with van der Waals surface area (Å²) < 4.78 is 1.78. The van der Waals surface area contributed by atoms with Gasteiger partial charge in [0.1, 0.15) is 0 Å². The van der Waals surface area contributed by atoms with Gasteiger partial charge in [0.15, 0.2) is 16.1 Å². The second-order valence-corrected chi connectivity index (χ2v) is 10.1. The summed E-state index contributed by atoms with van der Waals surface area (Å²) in [6.45, 7) is 3.79. The van der Waals surface area contributed by atoms with Crippen molar-refractivity contribution in [2.45, 2.75) is 25.0 Å². The number of thiazole rings is 1. The van der Waals surface area contributed by atoms with Crippen LogP contribution in [0.1, 0.15) is 34.7 Å². The molecule has 0 fully saturated rings.